The van der Waals surface area contributed by atoms with E-state index >= 15 is 0 Å². The zero-order valence-corrected chi connectivity index (χ0v) is 30.7. The average Bonchev–Trinajstić information content (AvgIpc) is 3.29. The van der Waals surface area contributed by atoms with Crippen LogP contribution in [0.4, 0.5) is 0 Å². The number of nitrogens with zero attached hydrogens (tertiary/aromatic N) is 2. The molecule has 0 amide bonds. The summed E-state index contributed by atoms with van der Waals surface area (Å²) < 4.78 is 0. The lowest BCUT2D eigenvalue weighted by Crippen LogP contribution is -1.97. The number of hydrogen-bond donors (Lipinski definition) is 0. The molecule has 2 nitrogen and oxygen atoms in total. The predicted molar refractivity (Wildman–Crippen MR) is 235 cm³/mol. The van der Waals surface area contributed by atoms with Crippen LogP contribution < -0.4 is 0 Å². The molecule has 1 aromatic heterocycles. The summed E-state index contributed by atoms with van der Waals surface area (Å²) in [6.45, 7) is 0. The molecule has 2 heteroatoms. The van der Waals surface area contributed by atoms with Crippen molar-refractivity contribution < 1.29 is 0 Å². The van der Waals surface area contributed by atoms with Gasteiger partial charge in [-0.15, -0.1) is 0 Å². The zero-order valence-electron chi connectivity index (χ0n) is 30.7. The van der Waals surface area contributed by atoms with Gasteiger partial charge in [0, 0.05) is 16.7 Å². The van der Waals surface area contributed by atoms with Crippen molar-refractivity contribution in [1.82, 2.24) is 9.97 Å². The molecule has 0 aliphatic carbocycles. The van der Waals surface area contributed by atoms with E-state index in [1.165, 1.54) is 43.8 Å². The molecule has 262 valence electrons. The molecule has 0 saturated carbocycles. The third-order valence-corrected chi connectivity index (χ3v) is 10.6. The van der Waals surface area contributed by atoms with E-state index in [9.17, 15) is 0 Å². The summed E-state index contributed by atoms with van der Waals surface area (Å²) in [6.07, 6.45) is 0. The van der Waals surface area contributed by atoms with Gasteiger partial charge < -0.3 is 0 Å². The summed E-state index contributed by atoms with van der Waals surface area (Å²) in [5.74, 6) is 0.681. The van der Waals surface area contributed by atoms with Crippen molar-refractivity contribution in [3.63, 3.8) is 0 Å². The molecule has 0 unspecified atom stereocenters. The molecule has 0 N–H and O–H groups in total. The van der Waals surface area contributed by atoms with Gasteiger partial charge in [0.25, 0.3) is 0 Å². The van der Waals surface area contributed by atoms with Crippen molar-refractivity contribution in [2.24, 2.45) is 0 Å². The van der Waals surface area contributed by atoms with E-state index in [2.05, 4.69) is 218 Å². The van der Waals surface area contributed by atoms with E-state index in [-0.39, 0.29) is 0 Å². The van der Waals surface area contributed by atoms with Gasteiger partial charge in [-0.3, -0.25) is 0 Å². The van der Waals surface area contributed by atoms with Crippen LogP contribution in [-0.2, 0) is 0 Å². The number of fused-ring (bicyclic) bond motifs is 2. The van der Waals surface area contributed by atoms with Crippen molar-refractivity contribution in [2.75, 3.05) is 0 Å². The van der Waals surface area contributed by atoms with E-state index in [1.807, 2.05) is 0 Å². The molecule has 0 fully saturated rings. The minimum atomic E-state index is 0.681. The summed E-state index contributed by atoms with van der Waals surface area (Å²) in [7, 11) is 0. The quantitative estimate of drug-likeness (QED) is 0.164. The van der Waals surface area contributed by atoms with Crippen LogP contribution in [0.5, 0.6) is 0 Å². The maximum absolute atomic E-state index is 5.36. The Balaban J connectivity index is 1.19. The Labute approximate surface area is 327 Å². The lowest BCUT2D eigenvalue weighted by Gasteiger charge is -2.14. The summed E-state index contributed by atoms with van der Waals surface area (Å²) >= 11 is 0. The van der Waals surface area contributed by atoms with Crippen LogP contribution >= 0.6 is 0 Å². The Hall–Kier alpha value is -7.42. The average molecular weight is 713 g/mol. The normalized spacial score (nSPS) is 11.2. The predicted octanol–water partition coefficient (Wildman–Crippen LogP) is 14.5. The van der Waals surface area contributed by atoms with Gasteiger partial charge in [0.1, 0.15) is 0 Å². The highest BCUT2D eigenvalue weighted by atomic mass is 14.9. The number of hydrogen-bond acceptors (Lipinski definition) is 2. The molecule has 9 aromatic carbocycles. The zero-order chi connectivity index (χ0) is 37.3. The van der Waals surface area contributed by atoms with Gasteiger partial charge in [0.2, 0.25) is 0 Å². The summed E-state index contributed by atoms with van der Waals surface area (Å²) in [5, 5.41) is 4.76. The highest BCUT2D eigenvalue weighted by Gasteiger charge is 2.15. The van der Waals surface area contributed by atoms with Crippen molar-refractivity contribution >= 4 is 21.5 Å². The Morgan fingerprint density at radius 1 is 0.196 bits per heavy atom. The van der Waals surface area contributed by atoms with Crippen LogP contribution in [0.15, 0.2) is 218 Å². The van der Waals surface area contributed by atoms with Gasteiger partial charge in [-0.25, -0.2) is 9.97 Å². The highest BCUT2D eigenvalue weighted by molar-refractivity contribution is 5.90. The minimum absolute atomic E-state index is 0.681. The van der Waals surface area contributed by atoms with Crippen molar-refractivity contribution in [2.45, 2.75) is 0 Å². The first kappa shape index (κ1) is 33.2. The lowest BCUT2D eigenvalue weighted by atomic mass is 9.92. The maximum atomic E-state index is 5.36. The Bertz CT molecular complexity index is 2820. The SMILES string of the molecule is c1ccc(-c2cccc(-c3cc(-c4cccc(-c5ccccc5)c4)cc(-c4nc(-c5ccc6ccccc6c5)cc(-c5ccc6ccccc6c5)n4)c3)c2)cc1. The topological polar surface area (TPSA) is 25.8 Å². The first-order chi connectivity index (χ1) is 27.7. The van der Waals surface area contributed by atoms with E-state index in [0.29, 0.717) is 5.82 Å². The molecule has 56 heavy (non-hydrogen) atoms. The van der Waals surface area contributed by atoms with E-state index in [0.717, 1.165) is 50.3 Å². The monoisotopic (exact) mass is 712 g/mol. The molecule has 0 aliphatic heterocycles. The third-order valence-electron chi connectivity index (χ3n) is 10.6. The first-order valence-electron chi connectivity index (χ1n) is 19.0. The van der Waals surface area contributed by atoms with Crippen LogP contribution in [0.1, 0.15) is 0 Å². The summed E-state index contributed by atoms with van der Waals surface area (Å²) in [4.78, 5) is 10.7. The molecular weight excluding hydrogens is 677 g/mol. The van der Waals surface area contributed by atoms with Crippen LogP contribution in [-0.4, -0.2) is 9.97 Å². The van der Waals surface area contributed by atoms with Crippen LogP contribution in [0.3, 0.4) is 0 Å². The van der Waals surface area contributed by atoms with Crippen LogP contribution in [0.25, 0.3) is 100.0 Å². The molecule has 0 bridgehead atoms. The van der Waals surface area contributed by atoms with Crippen molar-refractivity contribution in [3.05, 3.63) is 218 Å². The van der Waals surface area contributed by atoms with Crippen molar-refractivity contribution in [1.29, 1.82) is 0 Å². The molecule has 10 rings (SSSR count). The standard InChI is InChI=1S/C54H36N2/c1-3-13-37(14-4-1)43-21-11-23-45(29-43)49-33-50(46-24-12-22-44(30-46)38-15-5-2-6-16-38)35-51(34-49)54-55-52(47-27-25-39-17-7-9-19-41(39)31-47)36-53(56-54)48-28-26-40-18-8-10-20-42(40)32-48/h1-36H. The Kier molecular flexibility index (Phi) is 8.55. The van der Waals surface area contributed by atoms with Gasteiger partial charge in [-0.1, -0.05) is 170 Å². The molecule has 0 saturated heterocycles. The van der Waals surface area contributed by atoms with Crippen LogP contribution in [0, 0.1) is 0 Å². The fraction of sp³-hybridized carbons (Fsp3) is 0. The Morgan fingerprint density at radius 3 is 1.02 bits per heavy atom. The van der Waals surface area contributed by atoms with Gasteiger partial charge in [0.15, 0.2) is 5.82 Å². The fourth-order valence-corrected chi connectivity index (χ4v) is 7.68. The maximum Gasteiger partial charge on any atom is 0.160 e. The minimum Gasteiger partial charge on any atom is -0.228 e. The lowest BCUT2D eigenvalue weighted by molar-refractivity contribution is 1.18. The summed E-state index contributed by atoms with van der Waals surface area (Å²) in [6, 6.07) is 77.8. The third kappa shape index (κ3) is 6.66. The van der Waals surface area contributed by atoms with Crippen molar-refractivity contribution in [3.8, 4) is 78.4 Å². The molecule has 0 spiro atoms. The fourth-order valence-electron chi connectivity index (χ4n) is 7.68. The van der Waals surface area contributed by atoms with E-state index in [1.54, 1.807) is 0 Å². The molecule has 1 heterocycles. The molecule has 0 radical (unpaired) electrons. The van der Waals surface area contributed by atoms with Crippen LogP contribution in [0.2, 0.25) is 0 Å². The largest absolute Gasteiger partial charge is 0.228 e. The molecule has 0 aliphatic rings. The smallest absolute Gasteiger partial charge is 0.160 e. The Morgan fingerprint density at radius 2 is 0.554 bits per heavy atom. The van der Waals surface area contributed by atoms with E-state index < -0.39 is 0 Å². The number of aromatic nitrogens is 2. The first-order valence-corrected chi connectivity index (χ1v) is 19.0. The summed E-state index contributed by atoms with van der Waals surface area (Å²) in [5.41, 5.74) is 14.0. The van der Waals surface area contributed by atoms with Gasteiger partial charge in [0.05, 0.1) is 11.4 Å². The second-order valence-corrected chi connectivity index (χ2v) is 14.3. The second-order valence-electron chi connectivity index (χ2n) is 14.3. The molecule has 10 aromatic rings. The van der Waals surface area contributed by atoms with Gasteiger partial charge in [-0.2, -0.15) is 0 Å². The van der Waals surface area contributed by atoms with E-state index in [4.69, 9.17) is 9.97 Å². The van der Waals surface area contributed by atoms with Gasteiger partial charge >= 0.3 is 0 Å². The van der Waals surface area contributed by atoms with Gasteiger partial charge in [-0.05, 0) is 115 Å². The molecule has 0 atom stereocenters. The highest BCUT2D eigenvalue weighted by Crippen LogP contribution is 2.37. The second kappa shape index (κ2) is 14.4. The number of benzene rings is 9. The number of rotatable bonds is 7. The molecular formula is C54H36N2.